The van der Waals surface area contributed by atoms with Crippen LogP contribution in [0.25, 0.3) is 10.9 Å². The molecule has 1 aliphatic rings. The standard InChI is InChI=1S/C26H31N3O5/c1-17(18-7-8-18)29(19-9-11-20(32-2)12-10-19)25(30)6-5-13-28-16-27-22-15-24(34-4)23(33-3)14-21(22)26(28)31/h9-12,14-18H,5-8,13H2,1-4H3. The summed E-state index contributed by atoms with van der Waals surface area (Å²) in [7, 11) is 4.70. The van der Waals surface area contributed by atoms with Crippen molar-refractivity contribution in [3.63, 3.8) is 0 Å². The summed E-state index contributed by atoms with van der Waals surface area (Å²) in [6.07, 6.45) is 4.68. The molecule has 0 spiro atoms. The molecular weight excluding hydrogens is 434 g/mol. The fourth-order valence-corrected chi connectivity index (χ4v) is 4.30. The second kappa shape index (κ2) is 10.2. The molecule has 1 amide bonds. The summed E-state index contributed by atoms with van der Waals surface area (Å²) in [6.45, 7) is 2.51. The topological polar surface area (TPSA) is 82.9 Å². The summed E-state index contributed by atoms with van der Waals surface area (Å²) < 4.78 is 17.4. The molecule has 3 aromatic rings. The molecule has 34 heavy (non-hydrogen) atoms. The van der Waals surface area contributed by atoms with Crippen molar-refractivity contribution in [2.75, 3.05) is 26.2 Å². The summed E-state index contributed by atoms with van der Waals surface area (Å²) in [4.78, 5) is 32.6. The molecule has 8 nitrogen and oxygen atoms in total. The molecule has 1 aliphatic carbocycles. The van der Waals surface area contributed by atoms with E-state index in [-0.39, 0.29) is 17.5 Å². The Hall–Kier alpha value is -3.55. The minimum Gasteiger partial charge on any atom is -0.497 e. The Bertz CT molecular complexity index is 1220. The maximum Gasteiger partial charge on any atom is 0.261 e. The van der Waals surface area contributed by atoms with Crippen molar-refractivity contribution in [1.29, 1.82) is 0 Å². The second-order valence-electron chi connectivity index (χ2n) is 8.61. The summed E-state index contributed by atoms with van der Waals surface area (Å²) in [5.41, 5.74) is 1.24. The molecule has 1 saturated carbocycles. The van der Waals surface area contributed by atoms with Crippen LogP contribution in [0.3, 0.4) is 0 Å². The van der Waals surface area contributed by atoms with Gasteiger partial charge in [-0.1, -0.05) is 0 Å². The van der Waals surface area contributed by atoms with E-state index < -0.39 is 0 Å². The second-order valence-corrected chi connectivity index (χ2v) is 8.61. The number of hydrogen-bond donors (Lipinski definition) is 0. The van der Waals surface area contributed by atoms with Gasteiger partial charge in [-0.25, -0.2) is 4.98 Å². The van der Waals surface area contributed by atoms with Gasteiger partial charge in [-0.05, 0) is 62.4 Å². The number of benzene rings is 2. The summed E-state index contributed by atoms with van der Waals surface area (Å²) >= 11 is 0. The monoisotopic (exact) mass is 465 g/mol. The van der Waals surface area contributed by atoms with Crippen LogP contribution in [0.15, 0.2) is 47.5 Å². The number of rotatable bonds is 10. The smallest absolute Gasteiger partial charge is 0.261 e. The molecule has 4 rings (SSSR count). The number of fused-ring (bicyclic) bond motifs is 1. The first kappa shape index (κ1) is 23.6. The Morgan fingerprint density at radius 2 is 1.76 bits per heavy atom. The van der Waals surface area contributed by atoms with Crippen molar-refractivity contribution in [3.8, 4) is 17.2 Å². The zero-order valence-electron chi connectivity index (χ0n) is 20.1. The van der Waals surface area contributed by atoms with Crippen LogP contribution < -0.4 is 24.7 Å². The van der Waals surface area contributed by atoms with Crippen molar-refractivity contribution < 1.29 is 19.0 Å². The minimum absolute atomic E-state index is 0.0535. The first-order chi connectivity index (χ1) is 16.5. The summed E-state index contributed by atoms with van der Waals surface area (Å²) in [6, 6.07) is 11.1. The molecule has 180 valence electrons. The molecule has 0 radical (unpaired) electrons. The third kappa shape index (κ3) is 4.85. The van der Waals surface area contributed by atoms with E-state index >= 15 is 0 Å². The van der Waals surface area contributed by atoms with Gasteiger partial charge in [-0.15, -0.1) is 0 Å². The van der Waals surface area contributed by atoms with E-state index in [4.69, 9.17) is 14.2 Å². The Balaban J connectivity index is 1.49. The first-order valence-electron chi connectivity index (χ1n) is 11.5. The van der Waals surface area contributed by atoms with E-state index in [0.717, 1.165) is 24.3 Å². The Kier molecular flexibility index (Phi) is 7.05. The van der Waals surface area contributed by atoms with Crippen LogP contribution in [0.2, 0.25) is 0 Å². The van der Waals surface area contributed by atoms with Gasteiger partial charge in [0.15, 0.2) is 11.5 Å². The van der Waals surface area contributed by atoms with Crippen LogP contribution in [-0.4, -0.2) is 42.8 Å². The number of carbonyl (C=O) groups excluding carboxylic acids is 1. The Morgan fingerprint density at radius 1 is 1.09 bits per heavy atom. The zero-order valence-corrected chi connectivity index (χ0v) is 20.1. The van der Waals surface area contributed by atoms with Crippen LogP contribution in [0, 0.1) is 5.92 Å². The summed E-state index contributed by atoms with van der Waals surface area (Å²) in [5.74, 6) is 2.34. The molecule has 0 aliphatic heterocycles. The van der Waals surface area contributed by atoms with Crippen LogP contribution in [0.5, 0.6) is 17.2 Å². The number of carbonyl (C=O) groups is 1. The number of aryl methyl sites for hydroxylation is 1. The number of nitrogens with zero attached hydrogens (tertiary/aromatic N) is 3. The molecule has 0 saturated heterocycles. The number of hydrogen-bond acceptors (Lipinski definition) is 6. The van der Waals surface area contributed by atoms with E-state index in [1.807, 2.05) is 29.2 Å². The normalized spacial score (nSPS) is 14.0. The maximum atomic E-state index is 13.3. The van der Waals surface area contributed by atoms with E-state index in [0.29, 0.717) is 47.7 Å². The fraction of sp³-hybridized carbons (Fsp3) is 0.423. The Labute approximate surface area is 199 Å². The number of amides is 1. The molecule has 1 aromatic heterocycles. The predicted octanol–water partition coefficient (Wildman–Crippen LogP) is 4.03. The predicted molar refractivity (Wildman–Crippen MR) is 131 cm³/mol. The molecule has 1 atom stereocenters. The van der Waals surface area contributed by atoms with E-state index in [9.17, 15) is 9.59 Å². The van der Waals surface area contributed by atoms with Gasteiger partial charge in [-0.3, -0.25) is 14.2 Å². The van der Waals surface area contributed by atoms with Gasteiger partial charge in [0.25, 0.3) is 5.56 Å². The lowest BCUT2D eigenvalue weighted by atomic mass is 10.1. The third-order valence-electron chi connectivity index (χ3n) is 6.45. The van der Waals surface area contributed by atoms with Gasteiger partial charge in [0, 0.05) is 30.8 Å². The van der Waals surface area contributed by atoms with E-state index in [2.05, 4.69) is 11.9 Å². The highest BCUT2D eigenvalue weighted by Crippen LogP contribution is 2.37. The fourth-order valence-electron chi connectivity index (χ4n) is 4.30. The number of anilines is 1. The van der Waals surface area contributed by atoms with Crippen molar-refractivity contribution in [1.82, 2.24) is 9.55 Å². The van der Waals surface area contributed by atoms with E-state index in [1.54, 1.807) is 30.9 Å². The number of ether oxygens (including phenoxy) is 3. The lowest BCUT2D eigenvalue weighted by Gasteiger charge is -2.30. The molecule has 0 N–H and O–H groups in total. The first-order valence-corrected chi connectivity index (χ1v) is 11.5. The van der Waals surface area contributed by atoms with Gasteiger partial charge in [0.1, 0.15) is 5.75 Å². The highest BCUT2D eigenvalue weighted by molar-refractivity contribution is 5.94. The maximum absolute atomic E-state index is 13.3. The van der Waals surface area contributed by atoms with Crippen LogP contribution in [0.4, 0.5) is 5.69 Å². The van der Waals surface area contributed by atoms with Gasteiger partial charge >= 0.3 is 0 Å². The number of methoxy groups -OCH3 is 3. The van der Waals surface area contributed by atoms with Gasteiger partial charge < -0.3 is 19.1 Å². The molecule has 8 heteroatoms. The van der Waals surface area contributed by atoms with Gasteiger partial charge in [-0.2, -0.15) is 0 Å². The lowest BCUT2D eigenvalue weighted by Crippen LogP contribution is -2.40. The third-order valence-corrected chi connectivity index (χ3v) is 6.45. The molecule has 0 bridgehead atoms. The summed E-state index contributed by atoms with van der Waals surface area (Å²) in [5, 5.41) is 0.452. The molecule has 1 heterocycles. The molecule has 1 fully saturated rings. The zero-order chi connectivity index (χ0) is 24.2. The SMILES string of the molecule is COc1ccc(N(C(=O)CCCn2cnc3cc(OC)c(OC)cc3c2=O)C(C)C2CC2)cc1. The molecular formula is C26H31N3O5. The van der Waals surface area contributed by atoms with Gasteiger partial charge in [0.2, 0.25) is 5.91 Å². The highest BCUT2D eigenvalue weighted by atomic mass is 16.5. The Morgan fingerprint density at radius 3 is 2.38 bits per heavy atom. The quantitative estimate of drug-likeness (QED) is 0.450. The van der Waals surface area contributed by atoms with Gasteiger partial charge in [0.05, 0.1) is 38.6 Å². The van der Waals surface area contributed by atoms with Crippen LogP contribution in [0.1, 0.15) is 32.6 Å². The number of aromatic nitrogens is 2. The van der Waals surface area contributed by atoms with Crippen molar-refractivity contribution in [2.45, 2.75) is 45.2 Å². The highest BCUT2D eigenvalue weighted by Gasteiger charge is 2.34. The van der Waals surface area contributed by atoms with Crippen molar-refractivity contribution in [3.05, 3.63) is 53.1 Å². The van der Waals surface area contributed by atoms with Crippen molar-refractivity contribution >= 4 is 22.5 Å². The average molecular weight is 466 g/mol. The molecule has 2 aromatic carbocycles. The van der Waals surface area contributed by atoms with Crippen LogP contribution in [-0.2, 0) is 11.3 Å². The molecule has 1 unspecified atom stereocenters. The van der Waals surface area contributed by atoms with Crippen molar-refractivity contribution in [2.24, 2.45) is 5.92 Å². The lowest BCUT2D eigenvalue weighted by molar-refractivity contribution is -0.119. The average Bonchev–Trinajstić information content (AvgIpc) is 3.71. The minimum atomic E-state index is -0.170. The van der Waals surface area contributed by atoms with Crippen LogP contribution >= 0.6 is 0 Å². The van der Waals surface area contributed by atoms with E-state index in [1.165, 1.54) is 13.4 Å². The largest absolute Gasteiger partial charge is 0.497 e.